The predicted molar refractivity (Wildman–Crippen MR) is 106 cm³/mol. The number of thioether (sulfide) groups is 1. The Hall–Kier alpha value is -1.87. The SMILES string of the molecule is O=C1CSc2ccc(S(=O)(=O)N3CCN(Cc4ccccc4)CC3)cc2N1. The van der Waals surface area contributed by atoms with Crippen LogP contribution in [0, 0.1) is 0 Å². The Kier molecular flexibility index (Phi) is 5.23. The van der Waals surface area contributed by atoms with Gasteiger partial charge in [0, 0.05) is 37.6 Å². The fraction of sp³-hybridized carbons (Fsp3) is 0.316. The van der Waals surface area contributed by atoms with E-state index in [9.17, 15) is 13.2 Å². The molecule has 0 radical (unpaired) electrons. The minimum Gasteiger partial charge on any atom is -0.324 e. The molecule has 6 nitrogen and oxygen atoms in total. The first-order chi connectivity index (χ1) is 13.0. The lowest BCUT2D eigenvalue weighted by atomic mass is 10.2. The molecular weight excluding hydrogens is 382 g/mol. The van der Waals surface area contributed by atoms with Gasteiger partial charge in [-0.2, -0.15) is 4.31 Å². The van der Waals surface area contributed by atoms with Crippen LogP contribution in [0.15, 0.2) is 58.3 Å². The van der Waals surface area contributed by atoms with Gasteiger partial charge in [0.2, 0.25) is 15.9 Å². The number of amides is 1. The van der Waals surface area contributed by atoms with Crippen LogP contribution in [0.3, 0.4) is 0 Å². The Morgan fingerprint density at radius 2 is 1.74 bits per heavy atom. The van der Waals surface area contributed by atoms with Crippen LogP contribution in [0.25, 0.3) is 0 Å². The van der Waals surface area contributed by atoms with Crippen molar-refractivity contribution in [3.63, 3.8) is 0 Å². The van der Waals surface area contributed by atoms with E-state index in [1.165, 1.54) is 21.6 Å². The van der Waals surface area contributed by atoms with Gasteiger partial charge in [-0.25, -0.2) is 8.42 Å². The van der Waals surface area contributed by atoms with Crippen LogP contribution in [0.1, 0.15) is 5.56 Å². The van der Waals surface area contributed by atoms with E-state index in [2.05, 4.69) is 22.3 Å². The van der Waals surface area contributed by atoms with Crippen molar-refractivity contribution in [2.45, 2.75) is 16.3 Å². The number of hydrogen-bond donors (Lipinski definition) is 1. The van der Waals surface area contributed by atoms with Crippen LogP contribution in [-0.2, 0) is 21.4 Å². The highest BCUT2D eigenvalue weighted by atomic mass is 32.2. The smallest absolute Gasteiger partial charge is 0.243 e. The van der Waals surface area contributed by atoms with Crippen molar-refractivity contribution in [1.82, 2.24) is 9.21 Å². The average Bonchev–Trinajstić information content (AvgIpc) is 2.68. The third-order valence-corrected chi connectivity index (χ3v) is 7.77. The van der Waals surface area contributed by atoms with Gasteiger partial charge in [0.15, 0.2) is 0 Å². The zero-order valence-electron chi connectivity index (χ0n) is 14.8. The summed E-state index contributed by atoms with van der Waals surface area (Å²) in [7, 11) is -3.56. The van der Waals surface area contributed by atoms with Gasteiger partial charge in [0.1, 0.15) is 0 Å². The maximum absolute atomic E-state index is 13.0. The molecule has 8 heteroatoms. The lowest BCUT2D eigenvalue weighted by Gasteiger charge is -2.34. The molecule has 2 heterocycles. The fourth-order valence-corrected chi connectivity index (χ4v) is 5.58. The molecular formula is C19H21N3O3S2. The van der Waals surface area contributed by atoms with E-state index in [0.29, 0.717) is 37.6 Å². The van der Waals surface area contributed by atoms with E-state index in [1.807, 2.05) is 18.2 Å². The summed E-state index contributed by atoms with van der Waals surface area (Å²) in [5.74, 6) is 0.263. The number of nitrogens with zero attached hydrogens (tertiary/aromatic N) is 2. The van der Waals surface area contributed by atoms with Crippen molar-refractivity contribution < 1.29 is 13.2 Å². The first kappa shape index (κ1) is 18.5. The number of fused-ring (bicyclic) bond motifs is 1. The van der Waals surface area contributed by atoms with Crippen molar-refractivity contribution in [2.24, 2.45) is 0 Å². The van der Waals surface area contributed by atoms with Crippen LogP contribution >= 0.6 is 11.8 Å². The molecule has 2 aliphatic rings. The Balaban J connectivity index is 1.44. The van der Waals surface area contributed by atoms with Crippen molar-refractivity contribution >= 4 is 33.4 Å². The minimum atomic E-state index is -3.56. The topological polar surface area (TPSA) is 69.7 Å². The molecule has 0 bridgehead atoms. The molecule has 0 spiro atoms. The Labute approximate surface area is 163 Å². The van der Waals surface area contributed by atoms with Gasteiger partial charge in [-0.1, -0.05) is 30.3 Å². The van der Waals surface area contributed by atoms with E-state index in [0.717, 1.165) is 11.4 Å². The van der Waals surface area contributed by atoms with Crippen molar-refractivity contribution in [1.29, 1.82) is 0 Å². The molecule has 2 aromatic rings. The number of nitrogens with one attached hydrogen (secondary N) is 1. The summed E-state index contributed by atoms with van der Waals surface area (Å²) in [6.07, 6.45) is 0. The van der Waals surface area contributed by atoms with Crippen LogP contribution in [0.5, 0.6) is 0 Å². The summed E-state index contributed by atoms with van der Waals surface area (Å²) >= 11 is 1.43. The molecule has 1 saturated heterocycles. The monoisotopic (exact) mass is 403 g/mol. The van der Waals surface area contributed by atoms with Gasteiger partial charge in [-0.05, 0) is 23.8 Å². The van der Waals surface area contributed by atoms with Gasteiger partial charge in [0.25, 0.3) is 0 Å². The second-order valence-corrected chi connectivity index (χ2v) is 9.62. The number of piperazine rings is 1. The molecule has 0 aliphatic carbocycles. The van der Waals surface area contributed by atoms with Gasteiger partial charge in [-0.15, -0.1) is 11.8 Å². The van der Waals surface area contributed by atoms with Crippen molar-refractivity contribution in [3.05, 3.63) is 54.1 Å². The summed E-state index contributed by atoms with van der Waals surface area (Å²) in [5, 5.41) is 2.76. The first-order valence-electron chi connectivity index (χ1n) is 8.85. The quantitative estimate of drug-likeness (QED) is 0.848. The van der Waals surface area contributed by atoms with Gasteiger partial charge >= 0.3 is 0 Å². The van der Waals surface area contributed by atoms with Crippen molar-refractivity contribution in [2.75, 3.05) is 37.2 Å². The third-order valence-electron chi connectivity index (χ3n) is 4.80. The molecule has 1 fully saturated rings. The Morgan fingerprint density at radius 3 is 2.48 bits per heavy atom. The van der Waals surface area contributed by atoms with Crippen LogP contribution in [0.2, 0.25) is 0 Å². The van der Waals surface area contributed by atoms with Crippen LogP contribution in [0.4, 0.5) is 5.69 Å². The van der Waals surface area contributed by atoms with Gasteiger partial charge < -0.3 is 5.32 Å². The third kappa shape index (κ3) is 4.03. The molecule has 0 aromatic heterocycles. The molecule has 2 aromatic carbocycles. The molecule has 2 aliphatic heterocycles. The first-order valence-corrected chi connectivity index (χ1v) is 11.3. The number of carbonyl (C=O) groups excluding carboxylic acids is 1. The number of carbonyl (C=O) groups is 1. The second kappa shape index (κ2) is 7.63. The molecule has 0 unspecified atom stereocenters. The molecule has 0 saturated carbocycles. The number of sulfonamides is 1. The van der Waals surface area contributed by atoms with Crippen molar-refractivity contribution in [3.8, 4) is 0 Å². The molecule has 27 heavy (non-hydrogen) atoms. The average molecular weight is 404 g/mol. The Bertz CT molecular complexity index is 940. The zero-order chi connectivity index (χ0) is 18.9. The second-order valence-electron chi connectivity index (χ2n) is 6.66. The summed E-state index contributed by atoms with van der Waals surface area (Å²) in [5.41, 5.74) is 1.82. The molecule has 142 valence electrons. The lowest BCUT2D eigenvalue weighted by Crippen LogP contribution is -2.48. The maximum atomic E-state index is 13.0. The van der Waals surface area contributed by atoms with E-state index in [1.54, 1.807) is 18.2 Å². The molecule has 1 N–H and O–H groups in total. The molecule has 0 atom stereocenters. The number of benzene rings is 2. The fourth-order valence-electron chi connectivity index (χ4n) is 3.34. The van der Waals surface area contributed by atoms with E-state index in [-0.39, 0.29) is 10.8 Å². The number of rotatable bonds is 4. The molecule has 4 rings (SSSR count). The van der Waals surface area contributed by atoms with Gasteiger partial charge in [0.05, 0.1) is 16.3 Å². The summed E-state index contributed by atoms with van der Waals surface area (Å²) in [6.45, 7) is 3.16. The highest BCUT2D eigenvalue weighted by Crippen LogP contribution is 2.33. The van der Waals surface area contributed by atoms with Gasteiger partial charge in [-0.3, -0.25) is 9.69 Å². The summed E-state index contributed by atoms with van der Waals surface area (Å²) in [4.78, 5) is 15.0. The van der Waals surface area contributed by atoms with E-state index in [4.69, 9.17) is 0 Å². The molecule has 1 amide bonds. The van der Waals surface area contributed by atoms with E-state index >= 15 is 0 Å². The highest BCUT2D eigenvalue weighted by molar-refractivity contribution is 8.00. The standard InChI is InChI=1S/C19H21N3O3S2/c23-19-14-26-18-7-6-16(12-17(18)20-19)27(24,25)22-10-8-21(9-11-22)13-15-4-2-1-3-5-15/h1-7,12H,8-11,13-14H2,(H,20,23). The number of hydrogen-bond acceptors (Lipinski definition) is 5. The minimum absolute atomic E-state index is 0.100. The summed E-state index contributed by atoms with van der Waals surface area (Å²) < 4.78 is 27.6. The van der Waals surface area contributed by atoms with E-state index < -0.39 is 10.0 Å². The van der Waals surface area contributed by atoms with Crippen LogP contribution in [-0.4, -0.2) is 55.5 Å². The number of anilines is 1. The van der Waals surface area contributed by atoms with Crippen LogP contribution < -0.4 is 5.32 Å². The zero-order valence-corrected chi connectivity index (χ0v) is 16.4. The predicted octanol–water partition coefficient (Wildman–Crippen LogP) is 2.24. The largest absolute Gasteiger partial charge is 0.324 e. The Morgan fingerprint density at radius 1 is 1.00 bits per heavy atom. The summed E-state index contributed by atoms with van der Waals surface area (Å²) in [6, 6.07) is 15.2. The maximum Gasteiger partial charge on any atom is 0.243 e. The normalized spacial score (nSPS) is 18.7. The highest BCUT2D eigenvalue weighted by Gasteiger charge is 2.29. The lowest BCUT2D eigenvalue weighted by molar-refractivity contribution is -0.113.